The van der Waals surface area contributed by atoms with Crippen LogP contribution in [0.1, 0.15) is 17.2 Å². The number of halogens is 2. The number of benzene rings is 2. The molecule has 2 rings (SSSR count). The number of hydrogen-bond donors (Lipinski definition) is 1. The molecule has 1 N–H and O–H groups in total. The lowest BCUT2D eigenvalue weighted by Gasteiger charge is -2.17. The second-order valence-corrected chi connectivity index (χ2v) is 4.61. The fourth-order valence-electron chi connectivity index (χ4n) is 1.94. The highest BCUT2D eigenvalue weighted by Gasteiger charge is 2.20. The zero-order chi connectivity index (χ0) is 14.7. The van der Waals surface area contributed by atoms with Gasteiger partial charge in [0.1, 0.15) is 23.4 Å². The van der Waals surface area contributed by atoms with Crippen molar-refractivity contribution in [2.45, 2.75) is 6.10 Å². The smallest absolute Gasteiger partial charge is 0.130 e. The summed E-state index contributed by atoms with van der Waals surface area (Å²) in [6, 6.07) is 9.10. The third-order valence-corrected chi connectivity index (χ3v) is 3.22. The van der Waals surface area contributed by atoms with Gasteiger partial charge in [0, 0.05) is 16.1 Å². The number of methoxy groups -OCH3 is 2. The van der Waals surface area contributed by atoms with Crippen molar-refractivity contribution >= 4 is 11.6 Å². The molecule has 2 aromatic rings. The molecule has 0 bridgehead atoms. The molecule has 106 valence electrons. The number of aliphatic hydroxyl groups is 1. The summed E-state index contributed by atoms with van der Waals surface area (Å²) in [5.41, 5.74) is 0.550. The van der Waals surface area contributed by atoms with E-state index >= 15 is 0 Å². The van der Waals surface area contributed by atoms with Crippen molar-refractivity contribution in [3.63, 3.8) is 0 Å². The topological polar surface area (TPSA) is 38.7 Å². The number of ether oxygens (including phenoxy) is 2. The summed E-state index contributed by atoms with van der Waals surface area (Å²) < 4.78 is 24.2. The monoisotopic (exact) mass is 296 g/mol. The molecule has 0 saturated carbocycles. The Labute approximate surface area is 121 Å². The summed E-state index contributed by atoms with van der Waals surface area (Å²) in [5.74, 6) is 0.428. The van der Waals surface area contributed by atoms with E-state index < -0.39 is 11.9 Å². The van der Waals surface area contributed by atoms with E-state index in [1.54, 1.807) is 18.2 Å². The Morgan fingerprint density at radius 2 is 1.80 bits per heavy atom. The summed E-state index contributed by atoms with van der Waals surface area (Å²) >= 11 is 5.71. The van der Waals surface area contributed by atoms with E-state index in [1.165, 1.54) is 26.4 Å². The molecule has 3 nitrogen and oxygen atoms in total. The summed E-state index contributed by atoms with van der Waals surface area (Å²) in [7, 11) is 3.00. The lowest BCUT2D eigenvalue weighted by atomic mass is 10.00. The molecule has 0 amide bonds. The lowest BCUT2D eigenvalue weighted by molar-refractivity contribution is 0.209. The van der Waals surface area contributed by atoms with E-state index in [-0.39, 0.29) is 10.6 Å². The van der Waals surface area contributed by atoms with Gasteiger partial charge in [-0.1, -0.05) is 17.7 Å². The summed E-state index contributed by atoms with van der Waals surface area (Å²) in [6.07, 6.45) is -1.17. The quantitative estimate of drug-likeness (QED) is 0.937. The average molecular weight is 297 g/mol. The van der Waals surface area contributed by atoms with Crippen LogP contribution < -0.4 is 9.47 Å². The molecule has 0 saturated heterocycles. The average Bonchev–Trinajstić information content (AvgIpc) is 2.46. The van der Waals surface area contributed by atoms with Gasteiger partial charge in [-0.3, -0.25) is 0 Å². The third kappa shape index (κ3) is 2.86. The van der Waals surface area contributed by atoms with Gasteiger partial charge in [-0.25, -0.2) is 4.39 Å². The standard InChI is InChI=1S/C15H14ClFO3/c1-19-10-4-6-14(20-2)12(8-10)15(18)11-5-3-9(16)7-13(11)17/h3-8,15,18H,1-2H3. The van der Waals surface area contributed by atoms with Crippen LogP contribution in [0.2, 0.25) is 5.02 Å². The molecule has 0 radical (unpaired) electrons. The van der Waals surface area contributed by atoms with E-state index in [1.807, 2.05) is 0 Å². The van der Waals surface area contributed by atoms with E-state index in [9.17, 15) is 9.50 Å². The number of hydrogen-bond acceptors (Lipinski definition) is 3. The minimum atomic E-state index is -1.17. The summed E-state index contributed by atoms with van der Waals surface area (Å²) in [4.78, 5) is 0. The molecule has 0 heterocycles. The van der Waals surface area contributed by atoms with Crippen LogP contribution in [0, 0.1) is 5.82 Å². The zero-order valence-electron chi connectivity index (χ0n) is 11.1. The van der Waals surface area contributed by atoms with Crippen molar-refractivity contribution in [3.8, 4) is 11.5 Å². The Kier molecular flexibility index (Phi) is 4.47. The molecule has 0 aliphatic rings. The van der Waals surface area contributed by atoms with E-state index in [2.05, 4.69) is 0 Å². The molecule has 1 atom stereocenters. The van der Waals surface area contributed by atoms with Gasteiger partial charge in [-0.05, 0) is 30.3 Å². The molecule has 2 aromatic carbocycles. The maximum absolute atomic E-state index is 13.9. The van der Waals surface area contributed by atoms with Crippen molar-refractivity contribution in [2.24, 2.45) is 0 Å². The van der Waals surface area contributed by atoms with Crippen LogP contribution in [0.25, 0.3) is 0 Å². The molecule has 20 heavy (non-hydrogen) atoms. The first kappa shape index (κ1) is 14.6. The molecule has 0 spiro atoms. The van der Waals surface area contributed by atoms with Gasteiger partial charge in [0.2, 0.25) is 0 Å². The fraction of sp³-hybridized carbons (Fsp3) is 0.200. The SMILES string of the molecule is COc1ccc(OC)c(C(O)c2ccc(Cl)cc2F)c1. The Balaban J connectivity index is 2.48. The van der Waals surface area contributed by atoms with Crippen LogP contribution in [0.4, 0.5) is 4.39 Å². The highest BCUT2D eigenvalue weighted by molar-refractivity contribution is 6.30. The van der Waals surface area contributed by atoms with Crippen LogP contribution in [-0.2, 0) is 0 Å². The molecule has 0 fully saturated rings. The molecule has 5 heteroatoms. The fourth-order valence-corrected chi connectivity index (χ4v) is 2.10. The van der Waals surface area contributed by atoms with Crippen molar-refractivity contribution in [2.75, 3.05) is 14.2 Å². The molecule has 0 aliphatic heterocycles. The van der Waals surface area contributed by atoms with Crippen molar-refractivity contribution < 1.29 is 19.0 Å². The molecule has 0 aromatic heterocycles. The van der Waals surface area contributed by atoms with Gasteiger partial charge in [-0.15, -0.1) is 0 Å². The summed E-state index contributed by atoms with van der Waals surface area (Å²) in [6.45, 7) is 0. The van der Waals surface area contributed by atoms with Gasteiger partial charge in [0.25, 0.3) is 0 Å². The first-order chi connectivity index (χ1) is 9.56. The lowest BCUT2D eigenvalue weighted by Crippen LogP contribution is -2.05. The van der Waals surface area contributed by atoms with Crippen molar-refractivity contribution in [1.29, 1.82) is 0 Å². The Morgan fingerprint density at radius 1 is 1.05 bits per heavy atom. The van der Waals surface area contributed by atoms with Gasteiger partial charge < -0.3 is 14.6 Å². The number of rotatable bonds is 4. The molecule has 1 unspecified atom stereocenters. The minimum absolute atomic E-state index is 0.126. The van der Waals surface area contributed by atoms with Crippen molar-refractivity contribution in [3.05, 3.63) is 58.4 Å². The highest BCUT2D eigenvalue weighted by Crippen LogP contribution is 2.34. The van der Waals surface area contributed by atoms with Gasteiger partial charge in [0.15, 0.2) is 0 Å². The van der Waals surface area contributed by atoms with Gasteiger partial charge in [0.05, 0.1) is 14.2 Å². The maximum Gasteiger partial charge on any atom is 0.130 e. The minimum Gasteiger partial charge on any atom is -0.497 e. The Morgan fingerprint density at radius 3 is 2.40 bits per heavy atom. The van der Waals surface area contributed by atoms with E-state index in [0.717, 1.165) is 6.07 Å². The van der Waals surface area contributed by atoms with E-state index in [0.29, 0.717) is 17.1 Å². The van der Waals surface area contributed by atoms with Gasteiger partial charge in [-0.2, -0.15) is 0 Å². The van der Waals surface area contributed by atoms with Crippen LogP contribution in [0.15, 0.2) is 36.4 Å². The van der Waals surface area contributed by atoms with Crippen molar-refractivity contribution in [1.82, 2.24) is 0 Å². The first-order valence-corrected chi connectivity index (χ1v) is 6.29. The second kappa shape index (κ2) is 6.11. The third-order valence-electron chi connectivity index (χ3n) is 2.99. The highest BCUT2D eigenvalue weighted by atomic mass is 35.5. The van der Waals surface area contributed by atoms with Crippen LogP contribution >= 0.6 is 11.6 Å². The largest absolute Gasteiger partial charge is 0.497 e. The first-order valence-electron chi connectivity index (χ1n) is 5.91. The van der Waals surface area contributed by atoms with Crippen LogP contribution in [-0.4, -0.2) is 19.3 Å². The maximum atomic E-state index is 13.9. The Hall–Kier alpha value is -1.78. The molecular weight excluding hydrogens is 283 g/mol. The molecular formula is C15H14ClFO3. The normalized spacial score (nSPS) is 12.1. The predicted molar refractivity (Wildman–Crippen MR) is 75.0 cm³/mol. The second-order valence-electron chi connectivity index (χ2n) is 4.18. The zero-order valence-corrected chi connectivity index (χ0v) is 11.8. The van der Waals surface area contributed by atoms with E-state index in [4.69, 9.17) is 21.1 Å². The summed E-state index contributed by atoms with van der Waals surface area (Å²) in [5, 5.41) is 10.7. The predicted octanol–water partition coefficient (Wildman–Crippen LogP) is 3.58. The molecule has 0 aliphatic carbocycles. The van der Waals surface area contributed by atoms with Gasteiger partial charge >= 0.3 is 0 Å². The Bertz CT molecular complexity index is 616. The van der Waals surface area contributed by atoms with Crippen LogP contribution in [0.5, 0.6) is 11.5 Å². The number of aliphatic hydroxyl groups excluding tert-OH is 1. The van der Waals surface area contributed by atoms with Crippen LogP contribution in [0.3, 0.4) is 0 Å².